The Labute approximate surface area is 237 Å². The minimum Gasteiger partial charge on any atom is -0.361 e. The third kappa shape index (κ3) is 5.54. The van der Waals surface area contributed by atoms with Crippen molar-refractivity contribution in [2.45, 2.75) is 52.1 Å². The number of piperidine rings is 1. The molecule has 2 aromatic heterocycles. The first kappa shape index (κ1) is 26.3. The highest BCUT2D eigenvalue weighted by molar-refractivity contribution is 5.90. The van der Waals surface area contributed by atoms with E-state index in [0.717, 1.165) is 51.9 Å². The number of anilines is 2. The van der Waals surface area contributed by atoms with Crippen LogP contribution in [0.4, 0.5) is 11.4 Å². The molecule has 6 heteroatoms. The smallest absolute Gasteiger partial charge is 0.103 e. The maximum absolute atomic E-state index is 9.87. The first-order valence-electron chi connectivity index (χ1n) is 14.6. The number of likely N-dealkylation sites (tertiary alicyclic amines) is 2. The molecule has 0 bridgehead atoms. The molecule has 4 heterocycles. The van der Waals surface area contributed by atoms with Crippen LogP contribution in [0.1, 0.15) is 59.2 Å². The summed E-state index contributed by atoms with van der Waals surface area (Å²) in [5.74, 6) is 0. The van der Waals surface area contributed by atoms with Gasteiger partial charge < -0.3 is 15.2 Å². The summed E-state index contributed by atoms with van der Waals surface area (Å²) in [5.41, 5.74) is 8.85. The molecule has 0 atom stereocenters. The molecule has 0 saturated carbocycles. The van der Waals surface area contributed by atoms with Crippen LogP contribution < -0.4 is 5.32 Å². The third-order valence-electron chi connectivity index (χ3n) is 8.74. The molecule has 2 aliphatic rings. The fraction of sp³-hybridized carbons (Fsp3) is 0.353. The third-order valence-corrected chi connectivity index (χ3v) is 8.74. The van der Waals surface area contributed by atoms with Gasteiger partial charge in [-0.3, -0.25) is 9.88 Å². The average molecular weight is 531 g/mol. The predicted molar refractivity (Wildman–Crippen MR) is 164 cm³/mol. The van der Waals surface area contributed by atoms with Crippen molar-refractivity contribution in [3.05, 3.63) is 88.4 Å². The zero-order valence-electron chi connectivity index (χ0n) is 23.6. The van der Waals surface area contributed by atoms with E-state index in [1.165, 1.54) is 62.8 Å². The van der Waals surface area contributed by atoms with Gasteiger partial charge in [-0.15, -0.1) is 0 Å². The molecule has 2 N–H and O–H groups in total. The van der Waals surface area contributed by atoms with Crippen LogP contribution in [0, 0.1) is 25.2 Å². The van der Waals surface area contributed by atoms with Gasteiger partial charge in [0, 0.05) is 52.8 Å². The highest BCUT2D eigenvalue weighted by Gasteiger charge is 2.26. The van der Waals surface area contributed by atoms with Crippen molar-refractivity contribution in [3.63, 3.8) is 0 Å². The zero-order valence-corrected chi connectivity index (χ0v) is 23.6. The molecule has 0 aliphatic carbocycles. The summed E-state index contributed by atoms with van der Waals surface area (Å²) >= 11 is 0. The van der Waals surface area contributed by atoms with Gasteiger partial charge in [0.25, 0.3) is 0 Å². The Kier molecular flexibility index (Phi) is 7.68. The fourth-order valence-corrected chi connectivity index (χ4v) is 6.32. The van der Waals surface area contributed by atoms with Gasteiger partial charge in [0.2, 0.25) is 0 Å². The highest BCUT2D eigenvalue weighted by atomic mass is 15.2. The van der Waals surface area contributed by atoms with Crippen LogP contribution in [0.3, 0.4) is 0 Å². The largest absolute Gasteiger partial charge is 0.361 e. The molecule has 2 aliphatic heterocycles. The second kappa shape index (κ2) is 11.7. The molecule has 6 nitrogen and oxygen atoms in total. The number of H-pyrrole nitrogens is 1. The second-order valence-corrected chi connectivity index (χ2v) is 11.3. The number of nitrogens with zero attached hydrogens (tertiary/aromatic N) is 4. The minimum absolute atomic E-state index is 0.530. The van der Waals surface area contributed by atoms with Crippen molar-refractivity contribution in [2.24, 2.45) is 0 Å². The van der Waals surface area contributed by atoms with Gasteiger partial charge >= 0.3 is 0 Å². The maximum Gasteiger partial charge on any atom is 0.103 e. The Morgan fingerprint density at radius 3 is 2.52 bits per heavy atom. The Balaban J connectivity index is 1.16. The summed E-state index contributed by atoms with van der Waals surface area (Å²) in [6, 6.07) is 18.2. The Morgan fingerprint density at radius 2 is 1.77 bits per heavy atom. The second-order valence-electron chi connectivity index (χ2n) is 11.3. The van der Waals surface area contributed by atoms with Crippen molar-refractivity contribution in [1.82, 2.24) is 19.8 Å². The summed E-state index contributed by atoms with van der Waals surface area (Å²) in [6.07, 6.45) is 13.1. The van der Waals surface area contributed by atoms with Gasteiger partial charge in [0.15, 0.2) is 0 Å². The number of hydrogen-bond donors (Lipinski definition) is 2. The lowest BCUT2D eigenvalue weighted by atomic mass is 10.0. The quantitative estimate of drug-likeness (QED) is 0.269. The first-order chi connectivity index (χ1) is 19.6. The van der Waals surface area contributed by atoms with E-state index < -0.39 is 0 Å². The van der Waals surface area contributed by atoms with Crippen LogP contribution in [-0.2, 0) is 6.54 Å². The predicted octanol–water partition coefficient (Wildman–Crippen LogP) is 7.03. The number of nitrogens with one attached hydrogen (secondary N) is 2. The lowest BCUT2D eigenvalue weighted by Gasteiger charge is -2.36. The van der Waals surface area contributed by atoms with E-state index in [1.54, 1.807) is 6.20 Å². The van der Waals surface area contributed by atoms with Gasteiger partial charge in [-0.1, -0.05) is 36.4 Å². The number of aromatic amines is 1. The molecule has 0 spiro atoms. The average Bonchev–Trinajstić information content (AvgIpc) is 3.69. The molecule has 4 aromatic rings. The van der Waals surface area contributed by atoms with Crippen LogP contribution in [0.25, 0.3) is 23.1 Å². The molecule has 40 heavy (non-hydrogen) atoms. The summed E-state index contributed by atoms with van der Waals surface area (Å²) in [6.45, 7) is 10.1. The van der Waals surface area contributed by atoms with E-state index in [0.29, 0.717) is 5.56 Å². The molecule has 204 valence electrons. The van der Waals surface area contributed by atoms with Gasteiger partial charge in [0.1, 0.15) is 6.07 Å². The summed E-state index contributed by atoms with van der Waals surface area (Å²) < 4.78 is 0. The van der Waals surface area contributed by atoms with Gasteiger partial charge in [-0.25, -0.2) is 0 Å². The summed E-state index contributed by atoms with van der Waals surface area (Å²) in [7, 11) is 0. The molecular weight excluding hydrogens is 492 g/mol. The van der Waals surface area contributed by atoms with Gasteiger partial charge in [-0.2, -0.15) is 5.26 Å². The van der Waals surface area contributed by atoms with Crippen LogP contribution in [0.5, 0.6) is 0 Å². The van der Waals surface area contributed by atoms with Crippen molar-refractivity contribution < 1.29 is 0 Å². The maximum atomic E-state index is 9.87. The van der Waals surface area contributed by atoms with Gasteiger partial charge in [-0.05, 0) is 101 Å². The first-order valence-corrected chi connectivity index (χ1v) is 14.6. The normalized spacial score (nSPS) is 17.1. The number of nitriles is 1. The van der Waals surface area contributed by atoms with Crippen LogP contribution in [0.2, 0.25) is 0 Å². The SMILES string of the molecule is Cc1ncc(C#N)c(Nc2ccc3[nH]ccc3c2C)c1/C=C/c1ccc(CN2CCC(N3CCCC3)CC2)cc1. The number of pyridine rings is 1. The molecule has 0 amide bonds. The monoisotopic (exact) mass is 530 g/mol. The van der Waals surface area contributed by atoms with E-state index >= 15 is 0 Å². The number of rotatable bonds is 7. The Bertz CT molecular complexity index is 1540. The summed E-state index contributed by atoms with van der Waals surface area (Å²) in [4.78, 5) is 13.1. The fourth-order valence-electron chi connectivity index (χ4n) is 6.32. The molecule has 6 rings (SSSR count). The summed E-state index contributed by atoms with van der Waals surface area (Å²) in [5, 5.41) is 14.6. The van der Waals surface area contributed by atoms with Crippen LogP contribution in [-0.4, -0.2) is 52.0 Å². The van der Waals surface area contributed by atoms with E-state index in [2.05, 4.69) is 92.7 Å². The highest BCUT2D eigenvalue weighted by Crippen LogP contribution is 2.32. The van der Waals surface area contributed by atoms with Crippen LogP contribution >= 0.6 is 0 Å². The van der Waals surface area contributed by atoms with Crippen molar-refractivity contribution in [1.29, 1.82) is 5.26 Å². The number of hydrogen-bond acceptors (Lipinski definition) is 5. The van der Waals surface area contributed by atoms with E-state index in [4.69, 9.17) is 0 Å². The number of aromatic nitrogens is 2. The number of fused-ring (bicyclic) bond motifs is 1. The van der Waals surface area contributed by atoms with E-state index in [9.17, 15) is 5.26 Å². The molecule has 0 unspecified atom stereocenters. The minimum atomic E-state index is 0.530. The molecule has 2 saturated heterocycles. The van der Waals surface area contributed by atoms with Crippen molar-refractivity contribution in [2.75, 3.05) is 31.5 Å². The zero-order chi connectivity index (χ0) is 27.5. The van der Waals surface area contributed by atoms with Crippen LogP contribution in [0.15, 0.2) is 54.9 Å². The number of aryl methyl sites for hydroxylation is 2. The lowest BCUT2D eigenvalue weighted by Crippen LogP contribution is -2.43. The van der Waals surface area contributed by atoms with Crippen molar-refractivity contribution >= 4 is 34.4 Å². The molecular formula is C34H38N6. The van der Waals surface area contributed by atoms with E-state index in [-0.39, 0.29) is 0 Å². The number of benzene rings is 2. The standard InChI is InChI=1S/C34H38N6/c1-24-30-13-16-36-33(30)12-11-32(24)38-34-28(21-35)22-37-25(2)31(34)10-9-26-5-7-27(8-6-26)23-39-19-14-29(15-20-39)40-17-3-4-18-40/h5-13,16,22,29,36H,3-4,14-15,17-20,23H2,1-2H3,(H,37,38)/b10-9+. The molecule has 2 fully saturated rings. The van der Waals surface area contributed by atoms with E-state index in [1.807, 2.05) is 13.1 Å². The van der Waals surface area contributed by atoms with Crippen molar-refractivity contribution in [3.8, 4) is 6.07 Å². The lowest BCUT2D eigenvalue weighted by molar-refractivity contribution is 0.122. The Hall–Kier alpha value is -3.92. The molecule has 2 aromatic carbocycles. The molecule has 0 radical (unpaired) electrons. The topological polar surface area (TPSA) is 71.0 Å². The Morgan fingerprint density at radius 1 is 1.00 bits per heavy atom. The van der Waals surface area contributed by atoms with Gasteiger partial charge in [0.05, 0.1) is 11.3 Å².